The van der Waals surface area contributed by atoms with Gasteiger partial charge in [0.2, 0.25) is 0 Å². The van der Waals surface area contributed by atoms with Crippen LogP contribution in [0.2, 0.25) is 0 Å². The van der Waals surface area contributed by atoms with Crippen LogP contribution < -0.4 is 20.8 Å². The van der Waals surface area contributed by atoms with Gasteiger partial charge in [-0.15, -0.1) is 0 Å². The first-order chi connectivity index (χ1) is 11.4. The number of urea groups is 1. The number of rotatable bonds is 6. The van der Waals surface area contributed by atoms with Crippen LogP contribution in [-0.4, -0.2) is 35.7 Å². The number of thiocarbonyl (C=S) groups is 1. The van der Waals surface area contributed by atoms with Gasteiger partial charge in [-0.2, -0.15) is 5.01 Å². The van der Waals surface area contributed by atoms with Gasteiger partial charge < -0.3 is 15.4 Å². The molecule has 1 aromatic carbocycles. The van der Waals surface area contributed by atoms with E-state index in [-0.39, 0.29) is 5.11 Å². The summed E-state index contributed by atoms with van der Waals surface area (Å²) in [5, 5.41) is 6.81. The van der Waals surface area contributed by atoms with E-state index >= 15 is 0 Å². The van der Waals surface area contributed by atoms with Gasteiger partial charge in [0.1, 0.15) is 11.3 Å². The van der Waals surface area contributed by atoms with E-state index in [1.807, 2.05) is 0 Å². The van der Waals surface area contributed by atoms with E-state index in [1.54, 1.807) is 38.3 Å². The molecule has 3 amide bonds. The Morgan fingerprint density at radius 3 is 2.83 bits per heavy atom. The maximum atomic E-state index is 12.8. The predicted molar refractivity (Wildman–Crippen MR) is 94.4 cm³/mol. The average molecular weight is 350 g/mol. The summed E-state index contributed by atoms with van der Waals surface area (Å²) in [7, 11) is 1.55. The van der Waals surface area contributed by atoms with Crippen LogP contribution in [0.3, 0.4) is 0 Å². The van der Waals surface area contributed by atoms with Gasteiger partial charge in [0.25, 0.3) is 5.91 Å². The minimum absolute atomic E-state index is 0.238. The Morgan fingerprint density at radius 2 is 2.17 bits per heavy atom. The predicted octanol–water partition coefficient (Wildman–Crippen LogP) is 1.64. The van der Waals surface area contributed by atoms with Gasteiger partial charge >= 0.3 is 6.03 Å². The minimum Gasteiger partial charge on any atom is -0.497 e. The number of amides is 3. The summed E-state index contributed by atoms with van der Waals surface area (Å²) >= 11 is 5.13. The Morgan fingerprint density at radius 1 is 1.42 bits per heavy atom. The molecule has 0 aliphatic carbocycles. The normalized spacial score (nSPS) is 19.9. The molecule has 3 N–H and O–H groups in total. The average Bonchev–Trinajstić information content (AvgIpc) is 2.79. The van der Waals surface area contributed by atoms with Gasteiger partial charge in [-0.3, -0.25) is 10.2 Å². The number of nitrogens with zero attached hydrogens (tertiary/aromatic N) is 1. The number of hydrogen-bond acceptors (Lipinski definition) is 4. The Hall–Kier alpha value is -2.35. The highest BCUT2D eigenvalue weighted by Crippen LogP contribution is 2.30. The van der Waals surface area contributed by atoms with E-state index in [1.165, 1.54) is 0 Å². The molecule has 1 saturated heterocycles. The third-order valence-electron chi connectivity index (χ3n) is 3.87. The number of imide groups is 1. The van der Waals surface area contributed by atoms with E-state index in [0.717, 1.165) is 17.9 Å². The van der Waals surface area contributed by atoms with Crippen LogP contribution in [0.4, 0.5) is 4.79 Å². The molecule has 7 nitrogen and oxygen atoms in total. The third kappa shape index (κ3) is 3.59. The lowest BCUT2D eigenvalue weighted by molar-refractivity contribution is -0.132. The number of ether oxygens (including phenoxy) is 1. The Bertz CT molecular complexity index is 652. The van der Waals surface area contributed by atoms with Crippen LogP contribution in [0.15, 0.2) is 24.3 Å². The van der Waals surface area contributed by atoms with E-state index < -0.39 is 17.5 Å². The van der Waals surface area contributed by atoms with Crippen LogP contribution >= 0.6 is 12.2 Å². The summed E-state index contributed by atoms with van der Waals surface area (Å²) < 4.78 is 5.18. The zero-order valence-electron chi connectivity index (χ0n) is 14.0. The molecule has 1 atom stereocenters. The molecule has 0 bridgehead atoms. The lowest BCUT2D eigenvalue weighted by Gasteiger charge is -2.23. The van der Waals surface area contributed by atoms with Gasteiger partial charge in [0.05, 0.1) is 7.11 Å². The fourth-order valence-electron chi connectivity index (χ4n) is 2.39. The van der Waals surface area contributed by atoms with Crippen molar-refractivity contribution in [3.05, 3.63) is 29.8 Å². The fourth-order valence-corrected chi connectivity index (χ4v) is 2.58. The summed E-state index contributed by atoms with van der Waals surface area (Å²) in [5.74, 6) is 0.180. The maximum absolute atomic E-state index is 12.8. The van der Waals surface area contributed by atoms with Gasteiger partial charge in [-0.25, -0.2) is 4.79 Å². The quantitative estimate of drug-likeness (QED) is 0.411. The molecule has 0 spiro atoms. The molecular weight excluding hydrogens is 328 g/mol. The summed E-state index contributed by atoms with van der Waals surface area (Å²) in [6.45, 7) is 4.39. The summed E-state index contributed by atoms with van der Waals surface area (Å²) in [4.78, 5) is 25.0. The molecule has 1 fully saturated rings. The smallest absolute Gasteiger partial charge is 0.344 e. The van der Waals surface area contributed by atoms with Crippen LogP contribution in [-0.2, 0) is 10.3 Å². The summed E-state index contributed by atoms with van der Waals surface area (Å²) in [6, 6.07) is 6.48. The number of carbonyl (C=O) groups is 2. The molecule has 1 heterocycles. The lowest BCUT2D eigenvalue weighted by Crippen LogP contribution is -2.51. The first-order valence-corrected chi connectivity index (χ1v) is 8.19. The molecule has 0 saturated carbocycles. The largest absolute Gasteiger partial charge is 0.497 e. The van der Waals surface area contributed by atoms with Crippen molar-refractivity contribution in [1.29, 1.82) is 0 Å². The molecule has 0 radical (unpaired) electrons. The zero-order valence-corrected chi connectivity index (χ0v) is 14.8. The van der Waals surface area contributed by atoms with Gasteiger partial charge in [0.15, 0.2) is 5.11 Å². The number of carbonyl (C=O) groups excluding carboxylic acids is 2. The molecule has 1 aliphatic heterocycles. The number of nitrogens with one attached hydrogen (secondary N) is 3. The second-order valence-electron chi connectivity index (χ2n) is 5.65. The molecule has 1 aromatic rings. The molecule has 1 aliphatic rings. The van der Waals surface area contributed by atoms with E-state index in [4.69, 9.17) is 17.0 Å². The van der Waals surface area contributed by atoms with Crippen LogP contribution in [0.5, 0.6) is 5.75 Å². The molecule has 24 heavy (non-hydrogen) atoms. The molecule has 130 valence electrons. The Labute approximate surface area is 146 Å². The van der Waals surface area contributed by atoms with Crippen molar-refractivity contribution in [2.45, 2.75) is 32.2 Å². The number of unbranched alkanes of at least 4 members (excludes halogenated alkanes) is 1. The fraction of sp³-hybridized carbons (Fsp3) is 0.438. The first kappa shape index (κ1) is 18.0. The Balaban J connectivity index is 2.13. The van der Waals surface area contributed by atoms with E-state index in [0.29, 0.717) is 17.9 Å². The van der Waals surface area contributed by atoms with Gasteiger partial charge in [-0.1, -0.05) is 25.5 Å². The maximum Gasteiger partial charge on any atom is 0.344 e. The topological polar surface area (TPSA) is 82.7 Å². The van der Waals surface area contributed by atoms with Crippen molar-refractivity contribution in [3.63, 3.8) is 0 Å². The second-order valence-corrected chi connectivity index (χ2v) is 6.06. The SMILES string of the molecule is CCCCNC(=S)NN1C(=O)NC(C)(c2cccc(OC)c2)C1=O. The van der Waals surface area contributed by atoms with E-state index in [9.17, 15) is 9.59 Å². The highest BCUT2D eigenvalue weighted by Gasteiger charge is 2.49. The van der Waals surface area contributed by atoms with Crippen molar-refractivity contribution in [1.82, 2.24) is 21.1 Å². The van der Waals surface area contributed by atoms with Crippen molar-refractivity contribution in [3.8, 4) is 5.75 Å². The highest BCUT2D eigenvalue weighted by molar-refractivity contribution is 7.80. The van der Waals surface area contributed by atoms with Crippen molar-refractivity contribution < 1.29 is 14.3 Å². The minimum atomic E-state index is -1.18. The summed E-state index contributed by atoms with van der Waals surface area (Å²) in [5.41, 5.74) is 2.10. The second kappa shape index (κ2) is 7.48. The van der Waals surface area contributed by atoms with Crippen LogP contribution in [0.25, 0.3) is 0 Å². The monoisotopic (exact) mass is 350 g/mol. The molecular formula is C16H22N4O3S. The number of hydrazine groups is 1. The molecule has 8 heteroatoms. The standard InChI is InChI=1S/C16H22N4O3S/c1-4-5-9-17-14(24)19-20-13(21)16(2,18-15(20)22)11-7-6-8-12(10-11)23-3/h6-8,10H,4-5,9H2,1-3H3,(H,18,22)(H2,17,19,24). The Kier molecular flexibility index (Phi) is 5.61. The van der Waals surface area contributed by atoms with Crippen LogP contribution in [0, 0.1) is 0 Å². The molecule has 0 aromatic heterocycles. The zero-order chi connectivity index (χ0) is 17.7. The van der Waals surface area contributed by atoms with Crippen molar-refractivity contribution >= 4 is 29.3 Å². The third-order valence-corrected chi connectivity index (χ3v) is 4.10. The van der Waals surface area contributed by atoms with Crippen LogP contribution in [0.1, 0.15) is 32.3 Å². The van der Waals surface area contributed by atoms with Crippen molar-refractivity contribution in [2.75, 3.05) is 13.7 Å². The number of methoxy groups -OCH3 is 1. The van der Waals surface area contributed by atoms with Crippen molar-refractivity contribution in [2.24, 2.45) is 0 Å². The molecule has 1 unspecified atom stereocenters. The molecule has 2 rings (SSSR count). The van der Waals surface area contributed by atoms with E-state index in [2.05, 4.69) is 23.0 Å². The number of benzene rings is 1. The highest BCUT2D eigenvalue weighted by atomic mass is 32.1. The lowest BCUT2D eigenvalue weighted by atomic mass is 9.92. The number of hydrogen-bond donors (Lipinski definition) is 3. The van der Waals surface area contributed by atoms with Gasteiger partial charge in [-0.05, 0) is 43.3 Å². The van der Waals surface area contributed by atoms with Gasteiger partial charge in [0, 0.05) is 6.54 Å². The first-order valence-electron chi connectivity index (χ1n) is 7.78. The summed E-state index contributed by atoms with van der Waals surface area (Å²) in [6.07, 6.45) is 1.97.